The number of benzene rings is 2. The van der Waals surface area contributed by atoms with E-state index in [1.54, 1.807) is 19.2 Å². The second-order valence-corrected chi connectivity index (χ2v) is 5.19. The molecule has 2 amide bonds. The van der Waals surface area contributed by atoms with Crippen molar-refractivity contribution in [3.8, 4) is 22.6 Å². The van der Waals surface area contributed by atoms with Gasteiger partial charge < -0.3 is 20.1 Å². The average Bonchev–Trinajstić information content (AvgIpc) is 2.54. The van der Waals surface area contributed by atoms with Crippen LogP contribution >= 0.6 is 0 Å². The highest BCUT2D eigenvalue weighted by Crippen LogP contribution is 2.39. The Morgan fingerprint density at radius 2 is 1.42 bits per heavy atom. The molecule has 0 saturated carbocycles. The summed E-state index contributed by atoms with van der Waals surface area (Å²) in [5.41, 5.74) is 2.97. The van der Waals surface area contributed by atoms with Crippen molar-refractivity contribution in [2.24, 2.45) is 0 Å². The van der Waals surface area contributed by atoms with Gasteiger partial charge in [-0.2, -0.15) is 0 Å². The average molecular weight is 328 g/mol. The highest BCUT2D eigenvalue weighted by Gasteiger charge is 2.14. The van der Waals surface area contributed by atoms with Crippen molar-refractivity contribution in [3.63, 3.8) is 0 Å². The number of hydrogen-bond donors (Lipinski definition) is 2. The lowest BCUT2D eigenvalue weighted by Crippen LogP contribution is -2.07. The van der Waals surface area contributed by atoms with E-state index in [1.807, 2.05) is 24.3 Å². The van der Waals surface area contributed by atoms with Crippen LogP contribution in [0.3, 0.4) is 0 Å². The summed E-state index contributed by atoms with van der Waals surface area (Å²) >= 11 is 0. The van der Waals surface area contributed by atoms with Crippen LogP contribution in [0.2, 0.25) is 0 Å². The van der Waals surface area contributed by atoms with Gasteiger partial charge in [0.15, 0.2) is 0 Å². The maximum Gasteiger partial charge on any atom is 0.221 e. The van der Waals surface area contributed by atoms with Crippen LogP contribution in [0.25, 0.3) is 11.1 Å². The van der Waals surface area contributed by atoms with Gasteiger partial charge in [0.1, 0.15) is 11.5 Å². The van der Waals surface area contributed by atoms with Gasteiger partial charge in [-0.05, 0) is 23.8 Å². The molecule has 0 aliphatic rings. The molecule has 0 atom stereocenters. The van der Waals surface area contributed by atoms with Gasteiger partial charge in [0.25, 0.3) is 0 Å². The summed E-state index contributed by atoms with van der Waals surface area (Å²) in [6.07, 6.45) is 0. The van der Waals surface area contributed by atoms with Crippen LogP contribution < -0.4 is 20.1 Å². The van der Waals surface area contributed by atoms with E-state index < -0.39 is 0 Å². The van der Waals surface area contributed by atoms with Crippen LogP contribution in [-0.4, -0.2) is 26.0 Å². The second kappa shape index (κ2) is 7.50. The number of nitrogens with one attached hydrogen (secondary N) is 2. The first-order valence-corrected chi connectivity index (χ1v) is 7.36. The predicted molar refractivity (Wildman–Crippen MR) is 93.6 cm³/mol. The molecular formula is C18H20N2O4. The molecule has 0 aliphatic heterocycles. The summed E-state index contributed by atoms with van der Waals surface area (Å²) in [4.78, 5) is 22.4. The SMILES string of the molecule is COc1cc(-c2ccc(NC(C)=O)cc2)c(OC)cc1NC(C)=O. The summed E-state index contributed by atoms with van der Waals surface area (Å²) in [7, 11) is 3.10. The summed E-state index contributed by atoms with van der Waals surface area (Å²) in [6, 6.07) is 10.9. The molecule has 2 rings (SSSR count). The number of carbonyl (C=O) groups is 2. The number of methoxy groups -OCH3 is 2. The van der Waals surface area contributed by atoms with Crippen molar-refractivity contribution in [2.75, 3.05) is 24.9 Å². The van der Waals surface area contributed by atoms with Crippen molar-refractivity contribution in [2.45, 2.75) is 13.8 Å². The van der Waals surface area contributed by atoms with Crippen molar-refractivity contribution in [1.82, 2.24) is 0 Å². The summed E-state index contributed by atoms with van der Waals surface area (Å²) in [6.45, 7) is 2.89. The molecule has 0 aromatic heterocycles. The van der Waals surface area contributed by atoms with Crippen LogP contribution in [0, 0.1) is 0 Å². The third-order valence-corrected chi connectivity index (χ3v) is 3.35. The Balaban J connectivity index is 2.45. The van der Waals surface area contributed by atoms with E-state index in [0.717, 1.165) is 11.1 Å². The largest absolute Gasteiger partial charge is 0.496 e. The van der Waals surface area contributed by atoms with E-state index in [-0.39, 0.29) is 11.8 Å². The Morgan fingerprint density at radius 3 is 1.92 bits per heavy atom. The number of ether oxygens (including phenoxy) is 2. The predicted octanol–water partition coefficient (Wildman–Crippen LogP) is 3.29. The fourth-order valence-electron chi connectivity index (χ4n) is 2.35. The summed E-state index contributed by atoms with van der Waals surface area (Å²) < 4.78 is 10.8. The molecule has 0 fully saturated rings. The Bertz CT molecular complexity index is 754. The van der Waals surface area contributed by atoms with Gasteiger partial charge in [-0.15, -0.1) is 0 Å². The molecule has 0 aliphatic carbocycles. The maximum absolute atomic E-state index is 11.3. The molecule has 2 N–H and O–H groups in total. The first kappa shape index (κ1) is 17.3. The van der Waals surface area contributed by atoms with Crippen LogP contribution in [0.5, 0.6) is 11.5 Å². The van der Waals surface area contributed by atoms with Gasteiger partial charge in [0.05, 0.1) is 19.9 Å². The van der Waals surface area contributed by atoms with Gasteiger partial charge in [0, 0.05) is 31.2 Å². The molecule has 126 valence electrons. The second-order valence-electron chi connectivity index (χ2n) is 5.19. The highest BCUT2D eigenvalue weighted by atomic mass is 16.5. The van der Waals surface area contributed by atoms with E-state index in [0.29, 0.717) is 22.9 Å². The molecule has 24 heavy (non-hydrogen) atoms. The standard InChI is InChI=1S/C18H20N2O4/c1-11(21)19-14-7-5-13(6-8-14)15-9-18(24-4)16(20-12(2)22)10-17(15)23-3/h5-10H,1-4H3,(H,19,21)(H,20,22). The molecule has 2 aromatic carbocycles. The van der Waals surface area contributed by atoms with E-state index in [2.05, 4.69) is 10.6 Å². The number of amides is 2. The van der Waals surface area contributed by atoms with Crippen LogP contribution in [0.4, 0.5) is 11.4 Å². The molecule has 0 bridgehead atoms. The summed E-state index contributed by atoms with van der Waals surface area (Å²) in [5.74, 6) is 0.822. The minimum Gasteiger partial charge on any atom is -0.496 e. The third kappa shape index (κ3) is 4.04. The Labute approximate surface area is 140 Å². The van der Waals surface area contributed by atoms with E-state index in [4.69, 9.17) is 9.47 Å². The molecule has 0 heterocycles. The van der Waals surface area contributed by atoms with Crippen LogP contribution in [0.15, 0.2) is 36.4 Å². The molecule has 0 spiro atoms. The molecular weight excluding hydrogens is 308 g/mol. The monoisotopic (exact) mass is 328 g/mol. The Morgan fingerprint density at radius 1 is 0.833 bits per heavy atom. The number of carbonyl (C=O) groups excluding carboxylic acids is 2. The van der Waals surface area contributed by atoms with Crippen LogP contribution in [0.1, 0.15) is 13.8 Å². The van der Waals surface area contributed by atoms with Gasteiger partial charge in [0.2, 0.25) is 11.8 Å². The fraction of sp³-hybridized carbons (Fsp3) is 0.222. The molecule has 6 nitrogen and oxygen atoms in total. The first-order valence-electron chi connectivity index (χ1n) is 7.36. The van der Waals surface area contributed by atoms with E-state index >= 15 is 0 Å². The van der Waals surface area contributed by atoms with Gasteiger partial charge in [-0.1, -0.05) is 12.1 Å². The van der Waals surface area contributed by atoms with Crippen molar-refractivity contribution in [3.05, 3.63) is 36.4 Å². The van der Waals surface area contributed by atoms with Crippen molar-refractivity contribution in [1.29, 1.82) is 0 Å². The van der Waals surface area contributed by atoms with E-state index in [9.17, 15) is 9.59 Å². The quantitative estimate of drug-likeness (QED) is 0.883. The summed E-state index contributed by atoms with van der Waals surface area (Å²) in [5, 5.41) is 5.44. The number of rotatable bonds is 5. The van der Waals surface area contributed by atoms with Crippen LogP contribution in [-0.2, 0) is 9.59 Å². The van der Waals surface area contributed by atoms with E-state index in [1.165, 1.54) is 21.0 Å². The lowest BCUT2D eigenvalue weighted by Gasteiger charge is -2.15. The minimum absolute atomic E-state index is 0.123. The zero-order chi connectivity index (χ0) is 17.7. The highest BCUT2D eigenvalue weighted by molar-refractivity contribution is 5.92. The molecule has 0 saturated heterocycles. The first-order chi connectivity index (χ1) is 11.4. The molecule has 0 unspecified atom stereocenters. The third-order valence-electron chi connectivity index (χ3n) is 3.35. The normalized spacial score (nSPS) is 10.0. The Hall–Kier alpha value is -3.02. The lowest BCUT2D eigenvalue weighted by molar-refractivity contribution is -0.115. The fourth-order valence-corrected chi connectivity index (χ4v) is 2.35. The minimum atomic E-state index is -0.192. The number of anilines is 2. The van der Waals surface area contributed by atoms with Gasteiger partial charge in [-0.25, -0.2) is 0 Å². The number of hydrogen-bond acceptors (Lipinski definition) is 4. The molecule has 0 radical (unpaired) electrons. The maximum atomic E-state index is 11.3. The smallest absolute Gasteiger partial charge is 0.221 e. The topological polar surface area (TPSA) is 76.7 Å². The van der Waals surface area contributed by atoms with Crippen molar-refractivity contribution >= 4 is 23.2 Å². The molecule has 2 aromatic rings. The van der Waals surface area contributed by atoms with Crippen molar-refractivity contribution < 1.29 is 19.1 Å². The van der Waals surface area contributed by atoms with Gasteiger partial charge >= 0.3 is 0 Å². The molecule has 6 heteroatoms. The lowest BCUT2D eigenvalue weighted by atomic mass is 10.0. The zero-order valence-corrected chi connectivity index (χ0v) is 14.1. The Kier molecular flexibility index (Phi) is 5.42. The van der Waals surface area contributed by atoms with Gasteiger partial charge in [-0.3, -0.25) is 9.59 Å². The zero-order valence-electron chi connectivity index (χ0n) is 14.1.